The van der Waals surface area contributed by atoms with E-state index in [4.69, 9.17) is 0 Å². The van der Waals surface area contributed by atoms with Crippen LogP contribution in [0.5, 0.6) is 0 Å². The fraction of sp³-hybridized carbons (Fsp3) is 0.471. The SMILES string of the molecule is CCNC(=NCc1cccc(Cn2cncn2)c1)NCC1CC1. The minimum Gasteiger partial charge on any atom is -0.357 e. The zero-order valence-corrected chi connectivity index (χ0v) is 13.6. The zero-order chi connectivity index (χ0) is 15.9. The third-order valence-electron chi connectivity index (χ3n) is 3.82. The maximum Gasteiger partial charge on any atom is 0.191 e. The summed E-state index contributed by atoms with van der Waals surface area (Å²) in [5, 5.41) is 10.9. The quantitative estimate of drug-likeness (QED) is 0.604. The smallest absolute Gasteiger partial charge is 0.191 e. The van der Waals surface area contributed by atoms with Crippen molar-refractivity contribution in [3.8, 4) is 0 Å². The highest BCUT2D eigenvalue weighted by atomic mass is 15.3. The number of guanidine groups is 1. The monoisotopic (exact) mass is 312 g/mol. The molecule has 0 saturated heterocycles. The molecule has 1 aliphatic carbocycles. The molecule has 2 aromatic rings. The number of benzene rings is 1. The molecule has 0 spiro atoms. The summed E-state index contributed by atoms with van der Waals surface area (Å²) in [5.74, 6) is 1.74. The standard InChI is InChI=1S/C17H24N6/c1-2-19-17(20-9-14-6-7-14)21-10-15-4-3-5-16(8-15)11-23-13-18-12-22-23/h3-5,8,12-14H,2,6-7,9-11H2,1H3,(H2,19,20,21). The van der Waals surface area contributed by atoms with Gasteiger partial charge in [-0.1, -0.05) is 24.3 Å². The lowest BCUT2D eigenvalue weighted by molar-refractivity contribution is 0.684. The van der Waals surface area contributed by atoms with Crippen LogP contribution in [0.4, 0.5) is 0 Å². The van der Waals surface area contributed by atoms with Crippen LogP contribution >= 0.6 is 0 Å². The van der Waals surface area contributed by atoms with Gasteiger partial charge in [0.05, 0.1) is 13.1 Å². The Morgan fingerprint density at radius 3 is 2.91 bits per heavy atom. The van der Waals surface area contributed by atoms with Crippen LogP contribution in [0, 0.1) is 5.92 Å². The van der Waals surface area contributed by atoms with Gasteiger partial charge in [0.25, 0.3) is 0 Å². The van der Waals surface area contributed by atoms with E-state index in [1.165, 1.54) is 24.0 Å². The normalized spacial score (nSPS) is 14.7. The highest BCUT2D eigenvalue weighted by Crippen LogP contribution is 2.27. The maximum absolute atomic E-state index is 4.68. The van der Waals surface area contributed by atoms with E-state index >= 15 is 0 Å². The van der Waals surface area contributed by atoms with Crippen molar-refractivity contribution in [2.45, 2.75) is 32.9 Å². The average molecular weight is 312 g/mol. The summed E-state index contributed by atoms with van der Waals surface area (Å²) in [5.41, 5.74) is 2.41. The number of hydrogen-bond acceptors (Lipinski definition) is 3. The molecule has 1 aromatic carbocycles. The molecule has 0 amide bonds. The second-order valence-electron chi connectivity index (χ2n) is 5.93. The van der Waals surface area contributed by atoms with E-state index in [1.54, 1.807) is 12.7 Å². The average Bonchev–Trinajstić information content (AvgIpc) is 3.26. The molecule has 1 aliphatic rings. The van der Waals surface area contributed by atoms with Gasteiger partial charge in [-0.2, -0.15) is 5.10 Å². The fourth-order valence-electron chi connectivity index (χ4n) is 2.40. The summed E-state index contributed by atoms with van der Waals surface area (Å²) in [6, 6.07) is 8.46. The van der Waals surface area contributed by atoms with Crippen LogP contribution in [0.3, 0.4) is 0 Å². The van der Waals surface area contributed by atoms with Crippen molar-refractivity contribution in [1.82, 2.24) is 25.4 Å². The third-order valence-corrected chi connectivity index (χ3v) is 3.82. The Kier molecular flexibility index (Phi) is 5.24. The van der Waals surface area contributed by atoms with Crippen LogP contribution in [-0.2, 0) is 13.1 Å². The van der Waals surface area contributed by atoms with E-state index in [0.29, 0.717) is 6.54 Å². The topological polar surface area (TPSA) is 67.1 Å². The first-order valence-electron chi connectivity index (χ1n) is 8.26. The Labute approximate surface area is 137 Å². The first-order valence-corrected chi connectivity index (χ1v) is 8.26. The summed E-state index contributed by atoms with van der Waals surface area (Å²) in [7, 11) is 0. The molecule has 23 heavy (non-hydrogen) atoms. The van der Waals surface area contributed by atoms with Gasteiger partial charge in [-0.05, 0) is 36.8 Å². The molecule has 0 radical (unpaired) electrons. The molecule has 1 heterocycles. The van der Waals surface area contributed by atoms with Crippen molar-refractivity contribution < 1.29 is 0 Å². The number of hydrogen-bond donors (Lipinski definition) is 2. The molecule has 0 atom stereocenters. The molecule has 1 aromatic heterocycles. The molecule has 122 valence electrons. The van der Waals surface area contributed by atoms with E-state index in [0.717, 1.165) is 31.5 Å². The lowest BCUT2D eigenvalue weighted by Crippen LogP contribution is -2.38. The molecule has 0 aliphatic heterocycles. The summed E-state index contributed by atoms with van der Waals surface area (Å²) in [6.45, 7) is 5.40. The van der Waals surface area contributed by atoms with Gasteiger partial charge in [0.1, 0.15) is 12.7 Å². The first-order chi connectivity index (χ1) is 11.3. The molecule has 2 N–H and O–H groups in total. The molecule has 1 saturated carbocycles. The van der Waals surface area contributed by atoms with Gasteiger partial charge in [-0.25, -0.2) is 14.7 Å². The van der Waals surface area contributed by atoms with Gasteiger partial charge in [-0.3, -0.25) is 0 Å². The van der Waals surface area contributed by atoms with Crippen LogP contribution < -0.4 is 10.6 Å². The molecule has 1 fully saturated rings. The predicted molar refractivity (Wildman–Crippen MR) is 91.1 cm³/mol. The molecular weight excluding hydrogens is 288 g/mol. The van der Waals surface area contributed by atoms with Crippen molar-refractivity contribution in [2.75, 3.05) is 13.1 Å². The minimum atomic E-state index is 0.672. The van der Waals surface area contributed by atoms with Crippen molar-refractivity contribution in [3.05, 3.63) is 48.0 Å². The molecular formula is C17H24N6. The van der Waals surface area contributed by atoms with Crippen LogP contribution in [0.25, 0.3) is 0 Å². The van der Waals surface area contributed by atoms with Crippen LogP contribution in [0.15, 0.2) is 41.9 Å². The first kappa shape index (κ1) is 15.5. The fourth-order valence-corrected chi connectivity index (χ4v) is 2.40. The Morgan fingerprint density at radius 1 is 1.30 bits per heavy atom. The zero-order valence-electron chi connectivity index (χ0n) is 13.6. The minimum absolute atomic E-state index is 0.672. The number of aromatic nitrogens is 3. The second kappa shape index (κ2) is 7.76. The van der Waals surface area contributed by atoms with Gasteiger partial charge < -0.3 is 10.6 Å². The van der Waals surface area contributed by atoms with Gasteiger partial charge in [0.15, 0.2) is 5.96 Å². The predicted octanol–water partition coefficient (Wildman–Crippen LogP) is 1.79. The van der Waals surface area contributed by atoms with Crippen LogP contribution in [-0.4, -0.2) is 33.8 Å². The van der Waals surface area contributed by atoms with Crippen LogP contribution in [0.1, 0.15) is 30.9 Å². The van der Waals surface area contributed by atoms with Gasteiger partial charge in [-0.15, -0.1) is 0 Å². The van der Waals surface area contributed by atoms with Crippen molar-refractivity contribution in [1.29, 1.82) is 0 Å². The van der Waals surface area contributed by atoms with Crippen molar-refractivity contribution in [3.63, 3.8) is 0 Å². The van der Waals surface area contributed by atoms with Crippen LogP contribution in [0.2, 0.25) is 0 Å². The summed E-state index contributed by atoms with van der Waals surface area (Å²) in [6.07, 6.45) is 5.98. The Hall–Kier alpha value is -2.37. The van der Waals surface area contributed by atoms with E-state index in [-0.39, 0.29) is 0 Å². The highest BCUT2D eigenvalue weighted by Gasteiger charge is 2.20. The Morgan fingerprint density at radius 2 is 2.17 bits per heavy atom. The van der Waals surface area contributed by atoms with Crippen molar-refractivity contribution in [2.24, 2.45) is 10.9 Å². The summed E-state index contributed by atoms with van der Waals surface area (Å²) >= 11 is 0. The number of aliphatic imine (C=N–C) groups is 1. The molecule has 6 nitrogen and oxygen atoms in total. The number of rotatable bonds is 7. The van der Waals surface area contributed by atoms with E-state index in [1.807, 2.05) is 4.68 Å². The largest absolute Gasteiger partial charge is 0.357 e. The molecule has 3 rings (SSSR count). The molecule has 6 heteroatoms. The Balaban J connectivity index is 1.59. The van der Waals surface area contributed by atoms with Gasteiger partial charge in [0.2, 0.25) is 0 Å². The number of nitrogens with one attached hydrogen (secondary N) is 2. The lowest BCUT2D eigenvalue weighted by atomic mass is 10.1. The summed E-state index contributed by atoms with van der Waals surface area (Å²) < 4.78 is 1.82. The maximum atomic E-state index is 4.68. The molecule has 0 bridgehead atoms. The van der Waals surface area contributed by atoms with Gasteiger partial charge >= 0.3 is 0 Å². The van der Waals surface area contributed by atoms with E-state index in [2.05, 4.69) is 56.9 Å². The number of nitrogens with zero attached hydrogens (tertiary/aromatic N) is 4. The second-order valence-corrected chi connectivity index (χ2v) is 5.93. The Bertz CT molecular complexity index is 630. The van der Waals surface area contributed by atoms with Gasteiger partial charge in [0, 0.05) is 13.1 Å². The lowest BCUT2D eigenvalue weighted by Gasteiger charge is -2.11. The van der Waals surface area contributed by atoms with Crippen molar-refractivity contribution >= 4 is 5.96 Å². The molecule has 0 unspecified atom stereocenters. The summed E-state index contributed by atoms with van der Waals surface area (Å²) in [4.78, 5) is 8.66. The highest BCUT2D eigenvalue weighted by molar-refractivity contribution is 5.79. The third kappa shape index (κ3) is 5.09. The van der Waals surface area contributed by atoms with E-state index < -0.39 is 0 Å². The van der Waals surface area contributed by atoms with E-state index in [9.17, 15) is 0 Å².